The van der Waals surface area contributed by atoms with Crippen LogP contribution in [0.4, 0.5) is 10.2 Å². The number of nitrogens with zero attached hydrogens (tertiary/aromatic N) is 2. The number of hydrogen-bond donors (Lipinski definition) is 1. The minimum Gasteiger partial charge on any atom is -0.368 e. The summed E-state index contributed by atoms with van der Waals surface area (Å²) in [5.41, 5.74) is 0.0871. The van der Waals surface area contributed by atoms with E-state index in [1.165, 1.54) is 25.1 Å². The van der Waals surface area contributed by atoms with Crippen molar-refractivity contribution in [1.82, 2.24) is 9.88 Å². The predicted molar refractivity (Wildman–Crippen MR) is 68.0 cm³/mol. The Hall–Kier alpha value is -1.65. The van der Waals surface area contributed by atoms with Crippen LogP contribution in [0.1, 0.15) is 30.1 Å². The van der Waals surface area contributed by atoms with E-state index >= 15 is 0 Å². The molecule has 0 unspecified atom stereocenters. The van der Waals surface area contributed by atoms with Gasteiger partial charge in [0.25, 0.3) is 5.91 Å². The molecule has 1 fully saturated rings. The number of hydrogen-bond acceptors (Lipinski definition) is 3. The summed E-state index contributed by atoms with van der Waals surface area (Å²) in [6, 6.07) is 1.43. The van der Waals surface area contributed by atoms with Crippen molar-refractivity contribution in [2.24, 2.45) is 5.92 Å². The van der Waals surface area contributed by atoms with E-state index in [0.29, 0.717) is 19.0 Å². The normalized spacial score (nSPS) is 14.4. The minimum atomic E-state index is -0.563. The summed E-state index contributed by atoms with van der Waals surface area (Å²) in [6.45, 7) is 3.13. The van der Waals surface area contributed by atoms with Crippen molar-refractivity contribution in [2.45, 2.75) is 19.8 Å². The fourth-order valence-electron chi connectivity index (χ4n) is 1.88. The van der Waals surface area contributed by atoms with Gasteiger partial charge in [-0.3, -0.25) is 4.79 Å². The van der Waals surface area contributed by atoms with Crippen LogP contribution in [0.2, 0.25) is 0 Å². The van der Waals surface area contributed by atoms with E-state index in [2.05, 4.69) is 10.3 Å². The average Bonchev–Trinajstić information content (AvgIpc) is 3.15. The second kappa shape index (κ2) is 5.33. The molecular formula is C13H18FN3O. The molecule has 1 aromatic heterocycles. The first kappa shape index (κ1) is 12.8. The molecule has 0 spiro atoms. The smallest absolute Gasteiger partial charge is 0.256 e. The van der Waals surface area contributed by atoms with Gasteiger partial charge in [0.2, 0.25) is 0 Å². The molecule has 1 heterocycles. The highest BCUT2D eigenvalue weighted by molar-refractivity contribution is 5.95. The Bertz CT molecular complexity index is 446. The van der Waals surface area contributed by atoms with Crippen molar-refractivity contribution in [3.05, 3.63) is 23.6 Å². The summed E-state index contributed by atoms with van der Waals surface area (Å²) in [7, 11) is 1.72. The van der Waals surface area contributed by atoms with Crippen molar-refractivity contribution in [3.63, 3.8) is 0 Å². The first-order chi connectivity index (χ1) is 8.63. The Kier molecular flexibility index (Phi) is 3.79. The lowest BCUT2D eigenvalue weighted by atomic mass is 10.2. The van der Waals surface area contributed by atoms with Gasteiger partial charge < -0.3 is 10.2 Å². The zero-order chi connectivity index (χ0) is 13.1. The standard InChI is InChI=1S/C13H18FN3O/c1-3-15-12-11(14)10(6-7-16-12)13(18)17(2)8-9-4-5-9/h6-7,9H,3-5,8H2,1-2H3,(H,15,16). The van der Waals surface area contributed by atoms with E-state index in [9.17, 15) is 9.18 Å². The predicted octanol–water partition coefficient (Wildman–Crippen LogP) is 2.13. The summed E-state index contributed by atoms with van der Waals surface area (Å²) in [6.07, 6.45) is 3.79. The molecule has 2 rings (SSSR count). The van der Waals surface area contributed by atoms with E-state index in [-0.39, 0.29) is 17.3 Å². The van der Waals surface area contributed by atoms with Crippen LogP contribution in [-0.4, -0.2) is 35.9 Å². The van der Waals surface area contributed by atoms with Gasteiger partial charge in [0.1, 0.15) is 0 Å². The maximum atomic E-state index is 14.1. The lowest BCUT2D eigenvalue weighted by Crippen LogP contribution is -2.29. The number of rotatable bonds is 5. The second-order valence-corrected chi connectivity index (χ2v) is 4.68. The minimum absolute atomic E-state index is 0.0871. The van der Waals surface area contributed by atoms with Crippen LogP contribution in [-0.2, 0) is 0 Å². The molecule has 18 heavy (non-hydrogen) atoms. The van der Waals surface area contributed by atoms with Gasteiger partial charge in [0, 0.05) is 26.3 Å². The molecule has 0 atom stereocenters. The number of carbonyl (C=O) groups excluding carboxylic acids is 1. The Labute approximate surface area is 106 Å². The van der Waals surface area contributed by atoms with Crippen LogP contribution in [0.25, 0.3) is 0 Å². The van der Waals surface area contributed by atoms with Gasteiger partial charge in [-0.05, 0) is 31.7 Å². The van der Waals surface area contributed by atoms with Crippen LogP contribution in [0, 0.1) is 11.7 Å². The molecule has 0 bridgehead atoms. The number of anilines is 1. The van der Waals surface area contributed by atoms with Gasteiger partial charge in [-0.15, -0.1) is 0 Å². The van der Waals surface area contributed by atoms with Gasteiger partial charge in [0.05, 0.1) is 5.56 Å². The Balaban J connectivity index is 2.15. The van der Waals surface area contributed by atoms with Crippen molar-refractivity contribution in [3.8, 4) is 0 Å². The molecule has 0 saturated heterocycles. The molecule has 0 aliphatic heterocycles. The lowest BCUT2D eigenvalue weighted by Gasteiger charge is -2.17. The Morgan fingerprint density at radius 3 is 2.94 bits per heavy atom. The molecule has 1 amide bonds. The fraction of sp³-hybridized carbons (Fsp3) is 0.538. The number of halogens is 1. The topological polar surface area (TPSA) is 45.2 Å². The third-order valence-electron chi connectivity index (χ3n) is 3.04. The SMILES string of the molecule is CCNc1nccc(C(=O)N(C)CC2CC2)c1F. The molecule has 5 heteroatoms. The van der Waals surface area contributed by atoms with Gasteiger partial charge >= 0.3 is 0 Å². The molecule has 4 nitrogen and oxygen atoms in total. The van der Waals surface area contributed by atoms with Crippen LogP contribution in [0.5, 0.6) is 0 Å². The molecule has 1 N–H and O–H groups in total. The number of pyridine rings is 1. The maximum Gasteiger partial charge on any atom is 0.256 e. The molecule has 0 aromatic carbocycles. The van der Waals surface area contributed by atoms with Gasteiger partial charge in [-0.25, -0.2) is 9.37 Å². The quantitative estimate of drug-likeness (QED) is 0.872. The molecule has 98 valence electrons. The number of aromatic nitrogens is 1. The van der Waals surface area contributed by atoms with Crippen LogP contribution in [0.15, 0.2) is 12.3 Å². The van der Waals surface area contributed by atoms with Crippen molar-refractivity contribution < 1.29 is 9.18 Å². The first-order valence-electron chi connectivity index (χ1n) is 6.27. The molecule has 1 aliphatic rings. The van der Waals surface area contributed by atoms with Gasteiger partial charge in [-0.1, -0.05) is 0 Å². The highest BCUT2D eigenvalue weighted by Crippen LogP contribution is 2.30. The second-order valence-electron chi connectivity index (χ2n) is 4.68. The molecule has 1 aliphatic carbocycles. The molecular weight excluding hydrogens is 233 g/mol. The van der Waals surface area contributed by atoms with Gasteiger partial charge in [0.15, 0.2) is 11.6 Å². The molecule has 1 saturated carbocycles. The van der Waals surface area contributed by atoms with Crippen LogP contribution >= 0.6 is 0 Å². The summed E-state index contributed by atoms with van der Waals surface area (Å²) in [5, 5.41) is 2.81. The zero-order valence-electron chi connectivity index (χ0n) is 10.7. The van der Waals surface area contributed by atoms with Crippen molar-refractivity contribution >= 4 is 11.7 Å². The fourth-order valence-corrected chi connectivity index (χ4v) is 1.88. The zero-order valence-corrected chi connectivity index (χ0v) is 10.7. The van der Waals surface area contributed by atoms with E-state index in [4.69, 9.17) is 0 Å². The average molecular weight is 251 g/mol. The maximum absolute atomic E-state index is 14.1. The van der Waals surface area contributed by atoms with Crippen LogP contribution in [0.3, 0.4) is 0 Å². The van der Waals surface area contributed by atoms with Crippen molar-refractivity contribution in [2.75, 3.05) is 25.5 Å². The summed E-state index contributed by atoms with van der Waals surface area (Å²) in [5.74, 6) is -0.104. The van der Waals surface area contributed by atoms with Gasteiger partial charge in [-0.2, -0.15) is 0 Å². The van der Waals surface area contributed by atoms with E-state index in [1.807, 2.05) is 6.92 Å². The lowest BCUT2D eigenvalue weighted by molar-refractivity contribution is 0.0784. The summed E-state index contributed by atoms with van der Waals surface area (Å²) in [4.78, 5) is 17.6. The highest BCUT2D eigenvalue weighted by Gasteiger charge is 2.26. The summed E-state index contributed by atoms with van der Waals surface area (Å²) >= 11 is 0. The third kappa shape index (κ3) is 2.78. The number of carbonyl (C=O) groups is 1. The van der Waals surface area contributed by atoms with Crippen LogP contribution < -0.4 is 5.32 Å². The first-order valence-corrected chi connectivity index (χ1v) is 6.27. The van der Waals surface area contributed by atoms with E-state index in [0.717, 1.165) is 0 Å². The third-order valence-corrected chi connectivity index (χ3v) is 3.04. The highest BCUT2D eigenvalue weighted by atomic mass is 19.1. The molecule has 1 aromatic rings. The summed E-state index contributed by atoms with van der Waals surface area (Å²) < 4.78 is 14.1. The number of amides is 1. The monoisotopic (exact) mass is 251 g/mol. The molecule has 0 radical (unpaired) electrons. The van der Waals surface area contributed by atoms with Crippen molar-refractivity contribution in [1.29, 1.82) is 0 Å². The largest absolute Gasteiger partial charge is 0.368 e. The Morgan fingerprint density at radius 1 is 1.61 bits per heavy atom. The Morgan fingerprint density at radius 2 is 2.33 bits per heavy atom. The van der Waals surface area contributed by atoms with E-state index < -0.39 is 5.82 Å². The van der Waals surface area contributed by atoms with E-state index in [1.54, 1.807) is 11.9 Å². The number of nitrogens with one attached hydrogen (secondary N) is 1.